The number of aryl methyl sites for hydroxylation is 2. The molecule has 0 radical (unpaired) electrons. The number of rotatable bonds is 5. The first kappa shape index (κ1) is 16.4. The maximum Gasteiger partial charge on any atom is 0.356 e. The van der Waals surface area contributed by atoms with Crippen LogP contribution in [0.1, 0.15) is 37.9 Å². The number of hydrogen-bond donors (Lipinski definition) is 2. The molecule has 0 aliphatic carbocycles. The molecule has 1 aromatic carbocycles. The van der Waals surface area contributed by atoms with E-state index in [1.165, 1.54) is 10.7 Å². The normalized spacial score (nSPS) is 10.6. The maximum absolute atomic E-state index is 12.3. The predicted octanol–water partition coefficient (Wildman–Crippen LogP) is 2.11. The van der Waals surface area contributed by atoms with Crippen molar-refractivity contribution in [3.8, 4) is 5.69 Å². The van der Waals surface area contributed by atoms with Crippen LogP contribution >= 0.6 is 0 Å². The molecular formula is C17H16N4O4. The average Bonchev–Trinajstić information content (AvgIpc) is 3.20. The molecule has 3 rings (SSSR count). The van der Waals surface area contributed by atoms with Crippen molar-refractivity contribution in [3.05, 3.63) is 64.8 Å². The number of carboxylic acid groups (broad SMARTS) is 1. The van der Waals surface area contributed by atoms with Gasteiger partial charge in [0.15, 0.2) is 5.69 Å². The number of nitrogens with one attached hydrogen (secondary N) is 1. The third kappa shape index (κ3) is 3.42. The number of aromatic nitrogens is 3. The Labute approximate surface area is 143 Å². The van der Waals surface area contributed by atoms with Crippen LogP contribution in [-0.4, -0.2) is 31.9 Å². The second kappa shape index (κ2) is 6.60. The SMILES string of the molecule is Cc1noc(C)c1C(=O)NCc1cccc(-n2ccc(C(=O)O)n2)c1. The monoisotopic (exact) mass is 340 g/mol. The number of carbonyl (C=O) groups excluding carboxylic acids is 1. The lowest BCUT2D eigenvalue weighted by molar-refractivity contribution is 0.0689. The Bertz CT molecular complexity index is 922. The quantitative estimate of drug-likeness (QED) is 0.736. The van der Waals surface area contributed by atoms with Crippen LogP contribution in [0.3, 0.4) is 0 Å². The van der Waals surface area contributed by atoms with Crippen molar-refractivity contribution in [2.45, 2.75) is 20.4 Å². The minimum absolute atomic E-state index is 0.0304. The smallest absolute Gasteiger partial charge is 0.356 e. The fourth-order valence-corrected chi connectivity index (χ4v) is 2.47. The Morgan fingerprint density at radius 1 is 1.28 bits per heavy atom. The summed E-state index contributed by atoms with van der Waals surface area (Å²) in [5.41, 5.74) is 2.51. The van der Waals surface area contributed by atoms with Gasteiger partial charge in [0.1, 0.15) is 11.3 Å². The van der Waals surface area contributed by atoms with Gasteiger partial charge in [-0.2, -0.15) is 5.10 Å². The first-order chi connectivity index (χ1) is 12.0. The molecule has 0 bridgehead atoms. The van der Waals surface area contributed by atoms with Crippen LogP contribution < -0.4 is 5.32 Å². The minimum atomic E-state index is -1.08. The van der Waals surface area contributed by atoms with E-state index >= 15 is 0 Å². The van der Waals surface area contributed by atoms with Gasteiger partial charge in [0.2, 0.25) is 0 Å². The first-order valence-corrected chi connectivity index (χ1v) is 7.55. The van der Waals surface area contributed by atoms with E-state index < -0.39 is 5.97 Å². The van der Waals surface area contributed by atoms with Crippen LogP contribution in [0.25, 0.3) is 5.69 Å². The van der Waals surface area contributed by atoms with E-state index in [1.807, 2.05) is 18.2 Å². The summed E-state index contributed by atoms with van der Waals surface area (Å²) in [5.74, 6) is -0.864. The van der Waals surface area contributed by atoms with Crippen LogP contribution in [0.5, 0.6) is 0 Å². The van der Waals surface area contributed by atoms with Crippen LogP contribution in [0.2, 0.25) is 0 Å². The third-order valence-electron chi connectivity index (χ3n) is 3.70. The highest BCUT2D eigenvalue weighted by Crippen LogP contribution is 2.14. The van der Waals surface area contributed by atoms with Gasteiger partial charge in [-0.3, -0.25) is 4.79 Å². The molecule has 0 unspecified atom stereocenters. The molecule has 0 saturated heterocycles. The Hall–Kier alpha value is -3.42. The highest BCUT2D eigenvalue weighted by atomic mass is 16.5. The highest BCUT2D eigenvalue weighted by molar-refractivity contribution is 5.96. The fraction of sp³-hybridized carbons (Fsp3) is 0.176. The molecule has 0 fully saturated rings. The van der Waals surface area contributed by atoms with E-state index in [-0.39, 0.29) is 11.6 Å². The van der Waals surface area contributed by atoms with Gasteiger partial charge in [-0.1, -0.05) is 17.3 Å². The van der Waals surface area contributed by atoms with Crippen LogP contribution in [-0.2, 0) is 6.54 Å². The standard InChI is InChI=1S/C17H16N4O4/c1-10-15(11(2)25-20-10)16(22)18-9-12-4-3-5-13(8-12)21-7-6-14(19-21)17(23)24/h3-8H,9H2,1-2H3,(H,18,22)(H,23,24). The predicted molar refractivity (Wildman–Crippen MR) is 87.7 cm³/mol. The van der Waals surface area contributed by atoms with Gasteiger partial charge < -0.3 is 14.9 Å². The Kier molecular flexibility index (Phi) is 4.34. The molecule has 128 valence electrons. The third-order valence-corrected chi connectivity index (χ3v) is 3.70. The zero-order valence-electron chi connectivity index (χ0n) is 13.7. The molecule has 0 aliphatic rings. The van der Waals surface area contributed by atoms with E-state index in [2.05, 4.69) is 15.6 Å². The second-order valence-electron chi connectivity index (χ2n) is 5.50. The zero-order valence-corrected chi connectivity index (χ0v) is 13.7. The molecule has 2 aromatic heterocycles. The topological polar surface area (TPSA) is 110 Å². The molecule has 3 aromatic rings. The summed E-state index contributed by atoms with van der Waals surface area (Å²) in [7, 11) is 0. The number of benzene rings is 1. The van der Waals surface area contributed by atoms with Gasteiger partial charge in [0, 0.05) is 12.7 Å². The number of hydrogen-bond acceptors (Lipinski definition) is 5. The van der Waals surface area contributed by atoms with Crippen LogP contribution in [0.4, 0.5) is 0 Å². The van der Waals surface area contributed by atoms with Gasteiger partial charge in [0.25, 0.3) is 5.91 Å². The molecular weight excluding hydrogens is 324 g/mol. The number of amides is 1. The van der Waals surface area contributed by atoms with Gasteiger partial charge in [0.05, 0.1) is 11.4 Å². The summed E-state index contributed by atoms with van der Waals surface area (Å²) >= 11 is 0. The second-order valence-corrected chi connectivity index (χ2v) is 5.50. The Morgan fingerprint density at radius 2 is 2.08 bits per heavy atom. The van der Waals surface area contributed by atoms with Crippen molar-refractivity contribution in [2.24, 2.45) is 0 Å². The summed E-state index contributed by atoms with van der Waals surface area (Å²) in [4.78, 5) is 23.2. The summed E-state index contributed by atoms with van der Waals surface area (Å²) in [6, 6.07) is 8.73. The van der Waals surface area contributed by atoms with Crippen molar-refractivity contribution in [1.82, 2.24) is 20.3 Å². The zero-order chi connectivity index (χ0) is 18.0. The van der Waals surface area contributed by atoms with Gasteiger partial charge in [-0.05, 0) is 37.6 Å². The molecule has 25 heavy (non-hydrogen) atoms. The minimum Gasteiger partial charge on any atom is -0.476 e. The molecule has 8 heteroatoms. The average molecular weight is 340 g/mol. The fourth-order valence-electron chi connectivity index (χ4n) is 2.47. The van der Waals surface area contributed by atoms with Crippen molar-refractivity contribution >= 4 is 11.9 Å². The molecule has 0 aliphatic heterocycles. The summed E-state index contributed by atoms with van der Waals surface area (Å²) in [5, 5.41) is 19.5. The van der Waals surface area contributed by atoms with Crippen molar-refractivity contribution in [1.29, 1.82) is 0 Å². The van der Waals surface area contributed by atoms with E-state index in [0.717, 1.165) is 5.56 Å². The van der Waals surface area contributed by atoms with E-state index in [9.17, 15) is 9.59 Å². The van der Waals surface area contributed by atoms with Crippen molar-refractivity contribution in [2.75, 3.05) is 0 Å². The number of aromatic carboxylic acids is 1. The van der Waals surface area contributed by atoms with Crippen molar-refractivity contribution < 1.29 is 19.2 Å². The molecule has 2 N–H and O–H groups in total. The lowest BCUT2D eigenvalue weighted by Crippen LogP contribution is -2.23. The lowest BCUT2D eigenvalue weighted by atomic mass is 10.1. The summed E-state index contributed by atoms with van der Waals surface area (Å²) in [6.07, 6.45) is 1.57. The summed E-state index contributed by atoms with van der Waals surface area (Å²) < 4.78 is 6.47. The molecule has 0 saturated carbocycles. The van der Waals surface area contributed by atoms with Crippen LogP contribution in [0.15, 0.2) is 41.1 Å². The Balaban J connectivity index is 1.73. The molecule has 2 heterocycles. The van der Waals surface area contributed by atoms with Crippen LogP contribution in [0, 0.1) is 13.8 Å². The van der Waals surface area contributed by atoms with Crippen molar-refractivity contribution in [3.63, 3.8) is 0 Å². The molecule has 0 spiro atoms. The molecule has 1 amide bonds. The lowest BCUT2D eigenvalue weighted by Gasteiger charge is -2.07. The number of carbonyl (C=O) groups is 2. The van der Waals surface area contributed by atoms with Gasteiger partial charge >= 0.3 is 5.97 Å². The van der Waals surface area contributed by atoms with E-state index in [1.54, 1.807) is 26.1 Å². The van der Waals surface area contributed by atoms with Gasteiger partial charge in [-0.25, -0.2) is 9.48 Å². The van der Waals surface area contributed by atoms with E-state index in [0.29, 0.717) is 29.2 Å². The van der Waals surface area contributed by atoms with E-state index in [4.69, 9.17) is 9.63 Å². The number of carboxylic acids is 1. The molecule has 8 nitrogen and oxygen atoms in total. The van der Waals surface area contributed by atoms with Gasteiger partial charge in [-0.15, -0.1) is 0 Å². The highest BCUT2D eigenvalue weighted by Gasteiger charge is 2.17. The maximum atomic E-state index is 12.3. The largest absolute Gasteiger partial charge is 0.476 e. The first-order valence-electron chi connectivity index (χ1n) is 7.55. The molecule has 0 atom stereocenters. The number of nitrogens with zero attached hydrogens (tertiary/aromatic N) is 3. The Morgan fingerprint density at radius 3 is 2.72 bits per heavy atom. The summed E-state index contributed by atoms with van der Waals surface area (Å²) in [6.45, 7) is 3.71.